The molecule has 0 bridgehead atoms. The van der Waals surface area contributed by atoms with Crippen LogP contribution in [0.1, 0.15) is 28.8 Å². The molecule has 1 atom stereocenters. The summed E-state index contributed by atoms with van der Waals surface area (Å²) in [5.74, 6) is 0.642. The Hall–Kier alpha value is -1.29. The monoisotopic (exact) mass is 266 g/mol. The summed E-state index contributed by atoms with van der Waals surface area (Å²) in [7, 11) is 1.24. The number of benzene rings is 1. The van der Waals surface area contributed by atoms with Gasteiger partial charge in [-0.05, 0) is 47.4 Å². The van der Waals surface area contributed by atoms with Crippen molar-refractivity contribution in [1.29, 1.82) is 0 Å². The number of ether oxygens (including phenoxy) is 1. The fraction of sp³-hybridized carbons (Fsp3) is 0.429. The molecule has 1 aliphatic heterocycles. The van der Waals surface area contributed by atoms with Gasteiger partial charge in [0.1, 0.15) is 6.42 Å². The first kappa shape index (κ1) is 13.1. The Labute approximate surface area is 110 Å². The van der Waals surface area contributed by atoms with Gasteiger partial charge in [-0.3, -0.25) is 9.59 Å². The van der Waals surface area contributed by atoms with Gasteiger partial charge in [0.2, 0.25) is 0 Å². The molecular weight excluding hydrogens is 248 g/mol. The zero-order valence-electron chi connectivity index (χ0n) is 10.7. The molecular formula is C14H18O3S. The van der Waals surface area contributed by atoms with E-state index in [4.69, 9.17) is 0 Å². The number of rotatable bonds is 3. The topological polar surface area (TPSA) is 43.4 Å². The van der Waals surface area contributed by atoms with Gasteiger partial charge >= 0.3 is 5.97 Å². The molecule has 1 unspecified atom stereocenters. The predicted octanol–water partition coefficient (Wildman–Crippen LogP) is 2.37. The molecule has 0 saturated carbocycles. The fourth-order valence-electron chi connectivity index (χ4n) is 2.26. The first-order chi connectivity index (χ1) is 8.61. The summed E-state index contributed by atoms with van der Waals surface area (Å²) >= 11 is 0. The number of thiol groups is 1. The molecule has 1 aromatic rings. The standard InChI is InChI=1S/C14H18O3S/c1-17-14(16)9-12(15)10-5-6-13-11(8-10)4-3-7-18(13)2/h5-6,8,18H,3-4,7,9H2,1-2H3. The van der Waals surface area contributed by atoms with E-state index in [0.29, 0.717) is 5.56 Å². The number of hydrogen-bond donors (Lipinski definition) is 1. The second-order valence-corrected chi connectivity index (χ2v) is 6.87. The van der Waals surface area contributed by atoms with Gasteiger partial charge in [-0.2, -0.15) is 0 Å². The molecule has 4 heteroatoms. The first-order valence-electron chi connectivity index (χ1n) is 6.06. The lowest BCUT2D eigenvalue weighted by atomic mass is 10.0. The quantitative estimate of drug-likeness (QED) is 0.395. The van der Waals surface area contributed by atoms with E-state index in [1.807, 2.05) is 12.1 Å². The normalized spacial score (nSPS) is 20.0. The SMILES string of the molecule is COC(=O)CC(=O)c1ccc2c(c1)CCC[SH]2C. The summed E-state index contributed by atoms with van der Waals surface area (Å²) in [5.41, 5.74) is 1.91. The van der Waals surface area contributed by atoms with E-state index in [2.05, 4.69) is 17.1 Å². The van der Waals surface area contributed by atoms with Crippen LogP contribution in [0.25, 0.3) is 0 Å². The Kier molecular flexibility index (Phi) is 4.07. The van der Waals surface area contributed by atoms with Crippen LogP contribution in [0.5, 0.6) is 0 Å². The fourth-order valence-corrected chi connectivity index (χ4v) is 4.13. The third kappa shape index (κ3) is 2.75. The van der Waals surface area contributed by atoms with Gasteiger partial charge in [0.15, 0.2) is 5.78 Å². The summed E-state index contributed by atoms with van der Waals surface area (Å²) in [6, 6.07) is 5.86. The van der Waals surface area contributed by atoms with Gasteiger partial charge in [-0.25, -0.2) is 10.9 Å². The summed E-state index contributed by atoms with van der Waals surface area (Å²) in [5, 5.41) is 0. The average molecular weight is 266 g/mol. The van der Waals surface area contributed by atoms with Gasteiger partial charge < -0.3 is 4.74 Å². The van der Waals surface area contributed by atoms with E-state index < -0.39 is 5.97 Å². The van der Waals surface area contributed by atoms with Crippen LogP contribution in [-0.4, -0.2) is 30.9 Å². The highest BCUT2D eigenvalue weighted by Crippen LogP contribution is 2.40. The molecule has 0 aliphatic carbocycles. The van der Waals surface area contributed by atoms with E-state index in [-0.39, 0.29) is 23.1 Å². The number of aryl methyl sites for hydroxylation is 1. The number of fused-ring (bicyclic) bond motifs is 1. The lowest BCUT2D eigenvalue weighted by molar-refractivity contribution is -0.139. The first-order valence-corrected chi connectivity index (χ1v) is 8.03. The number of hydrogen-bond acceptors (Lipinski definition) is 3. The molecule has 1 aromatic carbocycles. The molecule has 1 aliphatic rings. The summed E-state index contributed by atoms with van der Waals surface area (Å²) < 4.78 is 4.52. The number of esters is 1. The van der Waals surface area contributed by atoms with Crippen molar-refractivity contribution in [1.82, 2.24) is 0 Å². The highest BCUT2D eigenvalue weighted by atomic mass is 32.2. The molecule has 0 radical (unpaired) electrons. The molecule has 18 heavy (non-hydrogen) atoms. The van der Waals surface area contributed by atoms with Crippen molar-refractivity contribution in [3.63, 3.8) is 0 Å². The average Bonchev–Trinajstić information content (AvgIpc) is 2.38. The van der Waals surface area contributed by atoms with Crippen molar-refractivity contribution in [2.24, 2.45) is 0 Å². The van der Waals surface area contributed by atoms with Crippen LogP contribution in [-0.2, 0) is 16.0 Å². The number of carbonyl (C=O) groups excluding carboxylic acids is 2. The Morgan fingerprint density at radius 3 is 2.89 bits per heavy atom. The Morgan fingerprint density at radius 1 is 1.39 bits per heavy atom. The number of ketones is 1. The second kappa shape index (κ2) is 5.57. The third-order valence-corrected chi connectivity index (χ3v) is 5.53. The maximum Gasteiger partial charge on any atom is 0.313 e. The molecule has 1 heterocycles. The minimum absolute atomic E-state index is 0.0619. The maximum absolute atomic E-state index is 11.9. The van der Waals surface area contributed by atoms with E-state index in [1.54, 1.807) is 0 Å². The largest absolute Gasteiger partial charge is 0.469 e. The predicted molar refractivity (Wildman–Crippen MR) is 73.8 cm³/mol. The third-order valence-electron chi connectivity index (χ3n) is 3.28. The molecule has 0 saturated heterocycles. The van der Waals surface area contributed by atoms with Crippen LogP contribution in [0.2, 0.25) is 0 Å². The van der Waals surface area contributed by atoms with Crippen molar-refractivity contribution < 1.29 is 14.3 Å². The molecule has 0 fully saturated rings. The van der Waals surface area contributed by atoms with Crippen LogP contribution in [0, 0.1) is 0 Å². The Morgan fingerprint density at radius 2 is 2.17 bits per heavy atom. The number of methoxy groups -OCH3 is 1. The van der Waals surface area contributed by atoms with E-state index in [1.165, 1.54) is 29.7 Å². The van der Waals surface area contributed by atoms with Crippen molar-refractivity contribution in [3.05, 3.63) is 29.3 Å². The Balaban J connectivity index is 2.20. The highest BCUT2D eigenvalue weighted by Gasteiger charge is 2.17. The lowest BCUT2D eigenvalue weighted by Crippen LogP contribution is -2.11. The summed E-state index contributed by atoms with van der Waals surface area (Å²) in [6.07, 6.45) is 4.35. The zero-order chi connectivity index (χ0) is 13.1. The van der Waals surface area contributed by atoms with Gasteiger partial charge in [-0.1, -0.05) is 6.07 Å². The van der Waals surface area contributed by atoms with E-state index in [0.717, 1.165) is 6.42 Å². The Bertz CT molecular complexity index is 482. The minimum atomic E-state index is -0.476. The second-order valence-electron chi connectivity index (χ2n) is 4.54. The van der Waals surface area contributed by atoms with Crippen LogP contribution in [0.15, 0.2) is 23.1 Å². The molecule has 3 nitrogen and oxygen atoms in total. The van der Waals surface area contributed by atoms with E-state index >= 15 is 0 Å². The molecule has 0 aromatic heterocycles. The smallest absolute Gasteiger partial charge is 0.313 e. The van der Waals surface area contributed by atoms with Gasteiger partial charge in [0, 0.05) is 5.56 Å². The summed E-state index contributed by atoms with van der Waals surface area (Å²) in [6.45, 7) is 0. The van der Waals surface area contributed by atoms with Crippen LogP contribution in [0.3, 0.4) is 0 Å². The molecule has 0 spiro atoms. The van der Waals surface area contributed by atoms with Gasteiger partial charge in [0.05, 0.1) is 7.11 Å². The van der Waals surface area contributed by atoms with Crippen molar-refractivity contribution in [2.45, 2.75) is 24.2 Å². The van der Waals surface area contributed by atoms with Gasteiger partial charge in [0.25, 0.3) is 0 Å². The van der Waals surface area contributed by atoms with Crippen molar-refractivity contribution in [2.75, 3.05) is 19.1 Å². The van der Waals surface area contributed by atoms with Crippen LogP contribution >= 0.6 is 10.9 Å². The van der Waals surface area contributed by atoms with E-state index in [9.17, 15) is 9.59 Å². The minimum Gasteiger partial charge on any atom is -0.469 e. The molecule has 98 valence electrons. The molecule has 2 rings (SSSR count). The zero-order valence-corrected chi connectivity index (χ0v) is 11.6. The number of carbonyl (C=O) groups is 2. The number of Topliss-reactive ketones (excluding diaryl/α,β-unsaturated/α-hetero) is 1. The lowest BCUT2D eigenvalue weighted by Gasteiger charge is -2.25. The highest BCUT2D eigenvalue weighted by molar-refractivity contribution is 8.16. The molecule has 0 N–H and O–H groups in total. The van der Waals surface area contributed by atoms with Crippen molar-refractivity contribution >= 4 is 22.6 Å². The van der Waals surface area contributed by atoms with Crippen LogP contribution in [0.4, 0.5) is 0 Å². The van der Waals surface area contributed by atoms with Crippen molar-refractivity contribution in [3.8, 4) is 0 Å². The van der Waals surface area contributed by atoms with Gasteiger partial charge in [-0.15, -0.1) is 0 Å². The molecule has 0 amide bonds. The summed E-state index contributed by atoms with van der Waals surface area (Å²) in [4.78, 5) is 24.4. The maximum atomic E-state index is 11.9. The van der Waals surface area contributed by atoms with Crippen LogP contribution < -0.4 is 0 Å².